The third-order valence-electron chi connectivity index (χ3n) is 6.06. The minimum atomic E-state index is -4.67. The highest BCUT2D eigenvalue weighted by Crippen LogP contribution is 2.44. The highest BCUT2D eigenvalue weighted by molar-refractivity contribution is 6.07. The fraction of sp³-hybridized carbons (Fsp3) is 0.577. The van der Waals surface area contributed by atoms with Crippen molar-refractivity contribution in [3.05, 3.63) is 46.7 Å². The quantitative estimate of drug-likeness (QED) is 0.255. The molecule has 6 nitrogen and oxygen atoms in total. The van der Waals surface area contributed by atoms with Crippen LogP contribution in [0.3, 0.4) is 0 Å². The first-order valence-electron chi connectivity index (χ1n) is 11.8. The second kappa shape index (κ2) is 11.8. The van der Waals surface area contributed by atoms with Gasteiger partial charge in [0.15, 0.2) is 0 Å². The minimum absolute atomic E-state index is 0.0484. The van der Waals surface area contributed by atoms with Gasteiger partial charge >= 0.3 is 18.1 Å². The number of esters is 2. The maximum absolute atomic E-state index is 13.9. The first kappa shape index (κ1) is 28.6. The second-order valence-electron chi connectivity index (χ2n) is 9.88. The number of unbranched alkanes of at least 4 members (excludes halogenated alkanes) is 3. The Kier molecular flexibility index (Phi) is 9.66. The molecule has 0 bridgehead atoms. The molecule has 1 aromatic rings. The van der Waals surface area contributed by atoms with E-state index in [1.807, 2.05) is 0 Å². The van der Waals surface area contributed by atoms with Crippen molar-refractivity contribution in [2.45, 2.75) is 51.6 Å². The van der Waals surface area contributed by atoms with Gasteiger partial charge in [0.25, 0.3) is 0 Å². The molecule has 35 heavy (non-hydrogen) atoms. The van der Waals surface area contributed by atoms with E-state index in [0.29, 0.717) is 6.42 Å². The monoisotopic (exact) mass is 497 g/mol. The molecule has 2 unspecified atom stereocenters. The van der Waals surface area contributed by atoms with Crippen LogP contribution in [0.5, 0.6) is 0 Å². The van der Waals surface area contributed by atoms with Crippen molar-refractivity contribution in [1.29, 1.82) is 0 Å². The first-order valence-corrected chi connectivity index (χ1v) is 11.8. The number of benzene rings is 1. The zero-order valence-corrected chi connectivity index (χ0v) is 21.4. The summed E-state index contributed by atoms with van der Waals surface area (Å²) in [5, 5.41) is 0. The molecule has 0 saturated heterocycles. The van der Waals surface area contributed by atoms with Crippen LogP contribution in [0.1, 0.15) is 56.6 Å². The average molecular weight is 498 g/mol. The van der Waals surface area contributed by atoms with Crippen LogP contribution >= 0.6 is 0 Å². The molecule has 0 N–H and O–H groups in total. The maximum atomic E-state index is 13.9. The lowest BCUT2D eigenvalue weighted by molar-refractivity contribution is -0.870. The molecule has 0 aromatic heterocycles. The molecular weight excluding hydrogens is 461 g/mol. The number of nitrogens with zero attached hydrogens (tertiary/aromatic N) is 2. The summed E-state index contributed by atoms with van der Waals surface area (Å²) >= 11 is 0. The fourth-order valence-electron chi connectivity index (χ4n) is 4.38. The second-order valence-corrected chi connectivity index (χ2v) is 9.88. The molecule has 194 valence electrons. The van der Waals surface area contributed by atoms with E-state index in [1.54, 1.807) is 13.8 Å². The number of hydrogen-bond donors (Lipinski definition) is 0. The first-order chi connectivity index (χ1) is 16.3. The molecule has 1 aliphatic rings. The number of alkyl halides is 3. The number of carbonyl (C=O) groups excluding carboxylic acids is 2. The van der Waals surface area contributed by atoms with Gasteiger partial charge in [-0.2, -0.15) is 13.2 Å². The fourth-order valence-corrected chi connectivity index (χ4v) is 4.38. The number of hydrogen-bond acceptors (Lipinski definition) is 5. The van der Waals surface area contributed by atoms with Crippen molar-refractivity contribution < 1.29 is 36.7 Å². The van der Waals surface area contributed by atoms with Crippen molar-refractivity contribution in [3.63, 3.8) is 0 Å². The van der Waals surface area contributed by atoms with Crippen LogP contribution in [0.4, 0.5) is 13.2 Å². The number of halogens is 3. The Hall–Kier alpha value is -2.68. The molecule has 0 aliphatic carbocycles. The smallest absolute Gasteiger partial charge is 0.416 e. The third kappa shape index (κ3) is 7.65. The van der Waals surface area contributed by atoms with Gasteiger partial charge in [-0.1, -0.05) is 18.2 Å². The molecule has 0 saturated carbocycles. The number of ether oxygens (including phenoxy) is 2. The molecule has 0 fully saturated rings. The summed E-state index contributed by atoms with van der Waals surface area (Å²) in [6, 6.07) is 4.96. The van der Waals surface area contributed by atoms with Gasteiger partial charge in [0, 0.05) is 17.3 Å². The normalized spacial score (nSPS) is 18.8. The van der Waals surface area contributed by atoms with Crippen LogP contribution in [-0.4, -0.2) is 63.5 Å². The van der Waals surface area contributed by atoms with E-state index in [1.165, 1.54) is 18.2 Å². The Balaban J connectivity index is 2.30. The van der Waals surface area contributed by atoms with Crippen molar-refractivity contribution in [2.75, 3.05) is 41.4 Å². The number of methoxy groups -OCH3 is 1. The standard InChI is InChI=1S/C26H36F3N2O4/c1-17-21(24(32)34-6)23(19-13-9-10-14-20(19)26(27,28)29)22(18(2)30-17)25(33)35-16-12-8-7-11-15-31(3,4)5/h9-10,13-14,21,23H,7-8,11-12,15-16H2,1-6H3/q+1. The van der Waals surface area contributed by atoms with Gasteiger partial charge in [-0.3, -0.25) is 9.79 Å². The number of rotatable bonds is 10. The zero-order chi connectivity index (χ0) is 26.4. The number of quaternary nitrogens is 1. The van der Waals surface area contributed by atoms with Gasteiger partial charge in [0.2, 0.25) is 0 Å². The number of aliphatic imine (C=N–C) groups is 1. The van der Waals surface area contributed by atoms with Gasteiger partial charge in [0.05, 0.1) is 52.5 Å². The maximum Gasteiger partial charge on any atom is 0.416 e. The topological polar surface area (TPSA) is 65.0 Å². The Morgan fingerprint density at radius 2 is 1.66 bits per heavy atom. The summed E-state index contributed by atoms with van der Waals surface area (Å²) < 4.78 is 52.9. The summed E-state index contributed by atoms with van der Waals surface area (Å²) in [5.74, 6) is -3.93. The van der Waals surface area contributed by atoms with Crippen molar-refractivity contribution >= 4 is 17.7 Å². The summed E-state index contributed by atoms with van der Waals surface area (Å²) in [4.78, 5) is 30.1. The highest BCUT2D eigenvalue weighted by Gasteiger charge is 2.46. The zero-order valence-electron chi connectivity index (χ0n) is 21.4. The Morgan fingerprint density at radius 1 is 1.03 bits per heavy atom. The van der Waals surface area contributed by atoms with E-state index in [0.717, 1.165) is 43.5 Å². The SMILES string of the molecule is COC(=O)C1C(C)=NC(C)=C(C(=O)OCCCCCC[N+](C)(C)C)C1c1ccccc1C(F)(F)F. The molecular formula is C26H36F3N2O4+. The van der Waals surface area contributed by atoms with Gasteiger partial charge < -0.3 is 14.0 Å². The average Bonchev–Trinajstić information content (AvgIpc) is 2.76. The molecule has 0 spiro atoms. The highest BCUT2D eigenvalue weighted by atomic mass is 19.4. The van der Waals surface area contributed by atoms with Crippen LogP contribution in [0, 0.1) is 5.92 Å². The molecule has 0 amide bonds. The Labute approximate surface area is 205 Å². The van der Waals surface area contributed by atoms with E-state index < -0.39 is 35.5 Å². The lowest BCUT2D eigenvalue weighted by Gasteiger charge is -2.32. The van der Waals surface area contributed by atoms with Crippen LogP contribution in [0.2, 0.25) is 0 Å². The van der Waals surface area contributed by atoms with E-state index in [4.69, 9.17) is 9.47 Å². The van der Waals surface area contributed by atoms with Gasteiger partial charge in [-0.25, -0.2) is 4.79 Å². The predicted octanol–water partition coefficient (Wildman–Crippen LogP) is 5.14. The van der Waals surface area contributed by atoms with E-state index >= 15 is 0 Å². The van der Waals surface area contributed by atoms with Crippen molar-refractivity contribution in [1.82, 2.24) is 0 Å². The molecule has 1 aliphatic heterocycles. The van der Waals surface area contributed by atoms with Crippen LogP contribution < -0.4 is 0 Å². The lowest BCUT2D eigenvalue weighted by Crippen LogP contribution is -2.37. The molecule has 1 aromatic carbocycles. The molecule has 2 atom stereocenters. The van der Waals surface area contributed by atoms with Gasteiger partial charge in [-0.15, -0.1) is 0 Å². The molecule has 9 heteroatoms. The van der Waals surface area contributed by atoms with Crippen LogP contribution in [-0.2, 0) is 25.2 Å². The van der Waals surface area contributed by atoms with Crippen LogP contribution in [0.15, 0.2) is 40.5 Å². The Bertz CT molecular complexity index is 978. The minimum Gasteiger partial charge on any atom is -0.468 e. The summed E-state index contributed by atoms with van der Waals surface area (Å²) in [5.41, 5.74) is -0.629. The Morgan fingerprint density at radius 3 is 2.26 bits per heavy atom. The van der Waals surface area contributed by atoms with E-state index in [-0.39, 0.29) is 29.2 Å². The summed E-state index contributed by atoms with van der Waals surface area (Å²) in [6.07, 6.45) is -1.12. The molecule has 0 radical (unpaired) electrons. The van der Waals surface area contributed by atoms with Gasteiger partial charge in [0.1, 0.15) is 5.92 Å². The van der Waals surface area contributed by atoms with E-state index in [9.17, 15) is 22.8 Å². The molecule has 1 heterocycles. The van der Waals surface area contributed by atoms with Crippen molar-refractivity contribution in [3.8, 4) is 0 Å². The number of carbonyl (C=O) groups is 2. The lowest BCUT2D eigenvalue weighted by atomic mass is 9.74. The summed E-state index contributed by atoms with van der Waals surface area (Å²) in [6.45, 7) is 4.27. The van der Waals surface area contributed by atoms with E-state index in [2.05, 4.69) is 26.1 Å². The predicted molar refractivity (Wildman–Crippen MR) is 128 cm³/mol. The van der Waals surface area contributed by atoms with Gasteiger partial charge in [-0.05, 0) is 51.2 Å². The van der Waals surface area contributed by atoms with Crippen molar-refractivity contribution in [2.24, 2.45) is 10.9 Å². The number of allylic oxidation sites excluding steroid dienone is 1. The largest absolute Gasteiger partial charge is 0.468 e. The summed E-state index contributed by atoms with van der Waals surface area (Å²) in [7, 11) is 7.54. The molecule has 2 rings (SSSR count). The van der Waals surface area contributed by atoms with Crippen LogP contribution in [0.25, 0.3) is 0 Å². The third-order valence-corrected chi connectivity index (χ3v) is 6.06.